The SMILES string of the molecule is CCOc1cc2ncc(CC(N)=O)c(Nc3cccc(CNCCN(C)C)c3CC)c2cc1OCC. The third kappa shape index (κ3) is 6.86. The van der Waals surface area contributed by atoms with E-state index in [4.69, 9.17) is 15.2 Å². The van der Waals surface area contributed by atoms with Crippen LogP contribution in [0.15, 0.2) is 36.5 Å². The molecule has 1 aromatic heterocycles. The van der Waals surface area contributed by atoms with Crippen molar-refractivity contribution >= 4 is 28.2 Å². The first-order valence-electron chi connectivity index (χ1n) is 12.6. The van der Waals surface area contributed by atoms with Gasteiger partial charge in [-0.1, -0.05) is 19.1 Å². The standard InChI is InChI=1S/C28H39N5O3/c1-6-21-19(17-30-12-13-33(4)5)10-9-11-23(21)32-28-20(14-27(29)34)18-31-24-16-26(36-8-3)25(35-7-2)15-22(24)28/h9-11,15-16,18,30H,6-8,12-14,17H2,1-5H3,(H2,29,34)(H,31,32). The summed E-state index contributed by atoms with van der Waals surface area (Å²) < 4.78 is 11.7. The van der Waals surface area contributed by atoms with Gasteiger partial charge in [-0.2, -0.15) is 0 Å². The Labute approximate surface area is 214 Å². The molecule has 8 nitrogen and oxygen atoms in total. The Hall–Kier alpha value is -3.36. The minimum Gasteiger partial charge on any atom is -0.490 e. The van der Waals surface area contributed by atoms with Crippen LogP contribution in [0.4, 0.5) is 11.4 Å². The van der Waals surface area contributed by atoms with Gasteiger partial charge in [0.25, 0.3) is 0 Å². The fourth-order valence-electron chi connectivity index (χ4n) is 4.24. The van der Waals surface area contributed by atoms with Crippen LogP contribution in [0, 0.1) is 0 Å². The number of rotatable bonds is 14. The molecule has 2 aromatic carbocycles. The quantitative estimate of drug-likeness (QED) is 0.292. The fraction of sp³-hybridized carbons (Fsp3) is 0.429. The minimum absolute atomic E-state index is 0.0791. The number of aromatic nitrogens is 1. The van der Waals surface area contributed by atoms with Crippen LogP contribution < -0.4 is 25.8 Å². The van der Waals surface area contributed by atoms with Crippen LogP contribution in [0.25, 0.3) is 10.9 Å². The molecule has 0 radical (unpaired) electrons. The van der Waals surface area contributed by atoms with Gasteiger partial charge in [-0.25, -0.2) is 0 Å². The molecule has 0 aliphatic heterocycles. The van der Waals surface area contributed by atoms with Crippen molar-refractivity contribution in [2.45, 2.75) is 40.2 Å². The van der Waals surface area contributed by atoms with Crippen molar-refractivity contribution in [3.8, 4) is 11.5 Å². The van der Waals surface area contributed by atoms with Crippen molar-refractivity contribution in [2.75, 3.05) is 45.7 Å². The Bertz CT molecular complexity index is 1180. The lowest BCUT2D eigenvalue weighted by molar-refractivity contribution is -0.117. The molecule has 194 valence electrons. The molecular formula is C28H39N5O3. The van der Waals surface area contributed by atoms with Gasteiger partial charge in [0.15, 0.2) is 11.5 Å². The molecule has 8 heteroatoms. The zero-order chi connectivity index (χ0) is 26.1. The van der Waals surface area contributed by atoms with Crippen LogP contribution in [0.3, 0.4) is 0 Å². The lowest BCUT2D eigenvalue weighted by Crippen LogP contribution is -2.26. The predicted octanol–water partition coefficient (Wildman–Crippen LogP) is 4.02. The van der Waals surface area contributed by atoms with Crippen molar-refractivity contribution < 1.29 is 14.3 Å². The van der Waals surface area contributed by atoms with Gasteiger partial charge in [0.2, 0.25) is 5.91 Å². The Morgan fingerprint density at radius 3 is 2.42 bits per heavy atom. The number of amides is 1. The Balaban J connectivity index is 2.07. The molecule has 4 N–H and O–H groups in total. The molecule has 1 amide bonds. The molecule has 0 aliphatic rings. The maximum Gasteiger partial charge on any atom is 0.221 e. The Kier molecular flexibility index (Phi) is 9.90. The van der Waals surface area contributed by atoms with E-state index in [1.807, 2.05) is 26.0 Å². The van der Waals surface area contributed by atoms with Crippen LogP contribution in [-0.4, -0.2) is 56.2 Å². The second kappa shape index (κ2) is 13.1. The summed E-state index contributed by atoms with van der Waals surface area (Å²) in [5.74, 6) is 0.875. The van der Waals surface area contributed by atoms with Crippen LogP contribution in [0.2, 0.25) is 0 Å². The number of ether oxygens (including phenoxy) is 2. The largest absolute Gasteiger partial charge is 0.490 e. The molecule has 0 saturated carbocycles. The van der Waals surface area contributed by atoms with Crippen molar-refractivity contribution in [3.05, 3.63) is 53.2 Å². The van der Waals surface area contributed by atoms with E-state index in [0.29, 0.717) is 24.7 Å². The van der Waals surface area contributed by atoms with Gasteiger partial charge in [0.1, 0.15) is 0 Å². The van der Waals surface area contributed by atoms with Gasteiger partial charge in [-0.15, -0.1) is 0 Å². The zero-order valence-corrected chi connectivity index (χ0v) is 22.1. The molecule has 0 aliphatic carbocycles. The molecule has 0 fully saturated rings. The molecular weight excluding hydrogens is 454 g/mol. The number of benzene rings is 2. The Morgan fingerprint density at radius 2 is 1.78 bits per heavy atom. The highest BCUT2D eigenvalue weighted by atomic mass is 16.5. The summed E-state index contributed by atoms with van der Waals surface area (Å²) in [5, 5.41) is 8.01. The number of hydrogen-bond donors (Lipinski definition) is 3. The van der Waals surface area contributed by atoms with Gasteiger partial charge in [0.05, 0.1) is 30.8 Å². The maximum absolute atomic E-state index is 11.9. The van der Waals surface area contributed by atoms with Gasteiger partial charge >= 0.3 is 0 Å². The highest BCUT2D eigenvalue weighted by Crippen LogP contribution is 2.38. The van der Waals surface area contributed by atoms with Crippen LogP contribution in [0.5, 0.6) is 11.5 Å². The highest BCUT2D eigenvalue weighted by molar-refractivity contribution is 5.98. The number of nitrogens with two attached hydrogens (primary N) is 1. The lowest BCUT2D eigenvalue weighted by atomic mass is 10.0. The number of nitrogens with zero attached hydrogens (tertiary/aromatic N) is 2. The summed E-state index contributed by atoms with van der Waals surface area (Å²) in [6.07, 6.45) is 2.65. The van der Waals surface area contributed by atoms with E-state index < -0.39 is 5.91 Å². The molecule has 0 spiro atoms. The number of anilines is 2. The number of primary amides is 1. The summed E-state index contributed by atoms with van der Waals surface area (Å²) >= 11 is 0. The first-order valence-corrected chi connectivity index (χ1v) is 12.6. The average Bonchev–Trinajstić information content (AvgIpc) is 2.84. The van der Waals surface area contributed by atoms with E-state index in [9.17, 15) is 4.79 Å². The molecule has 3 aromatic rings. The van der Waals surface area contributed by atoms with Crippen molar-refractivity contribution in [1.82, 2.24) is 15.2 Å². The summed E-state index contributed by atoms with van der Waals surface area (Å²) in [6.45, 7) is 9.72. The smallest absolute Gasteiger partial charge is 0.221 e. The molecule has 0 atom stereocenters. The number of fused-ring (bicyclic) bond motifs is 1. The van der Waals surface area contributed by atoms with Gasteiger partial charge in [-0.05, 0) is 57.6 Å². The number of likely N-dealkylation sites (N-methyl/N-ethyl adjacent to an activating group) is 1. The summed E-state index contributed by atoms with van der Waals surface area (Å²) in [7, 11) is 4.14. The number of pyridine rings is 1. The number of carbonyl (C=O) groups excluding carboxylic acids is 1. The van der Waals surface area contributed by atoms with Crippen molar-refractivity contribution in [3.63, 3.8) is 0 Å². The minimum atomic E-state index is -0.412. The molecule has 36 heavy (non-hydrogen) atoms. The van der Waals surface area contributed by atoms with Crippen LogP contribution in [-0.2, 0) is 24.2 Å². The molecule has 0 saturated heterocycles. The Morgan fingerprint density at radius 1 is 1.06 bits per heavy atom. The van der Waals surface area contributed by atoms with Crippen LogP contribution in [0.1, 0.15) is 37.5 Å². The number of hydrogen-bond acceptors (Lipinski definition) is 7. The van der Waals surface area contributed by atoms with E-state index >= 15 is 0 Å². The van der Waals surface area contributed by atoms with E-state index in [0.717, 1.165) is 53.9 Å². The lowest BCUT2D eigenvalue weighted by Gasteiger charge is -2.20. The second-order valence-corrected chi connectivity index (χ2v) is 8.89. The normalized spacial score (nSPS) is 11.2. The molecule has 0 bridgehead atoms. The topological polar surface area (TPSA) is 102 Å². The monoisotopic (exact) mass is 493 g/mol. The van der Waals surface area contributed by atoms with Gasteiger partial charge in [0, 0.05) is 48.5 Å². The second-order valence-electron chi connectivity index (χ2n) is 8.89. The van der Waals surface area contributed by atoms with Crippen molar-refractivity contribution in [2.24, 2.45) is 5.73 Å². The fourth-order valence-corrected chi connectivity index (χ4v) is 4.24. The summed E-state index contributed by atoms with van der Waals surface area (Å²) in [5.41, 5.74) is 11.3. The highest BCUT2D eigenvalue weighted by Gasteiger charge is 2.17. The van der Waals surface area contributed by atoms with E-state index in [-0.39, 0.29) is 6.42 Å². The maximum atomic E-state index is 11.9. The predicted molar refractivity (Wildman–Crippen MR) is 146 cm³/mol. The summed E-state index contributed by atoms with van der Waals surface area (Å²) in [4.78, 5) is 18.7. The average molecular weight is 494 g/mol. The first kappa shape index (κ1) is 27.2. The summed E-state index contributed by atoms with van der Waals surface area (Å²) in [6, 6.07) is 10.1. The number of carbonyl (C=O) groups is 1. The zero-order valence-electron chi connectivity index (χ0n) is 22.1. The first-order chi connectivity index (χ1) is 17.4. The van der Waals surface area contributed by atoms with Crippen LogP contribution >= 0.6 is 0 Å². The molecule has 1 heterocycles. The van der Waals surface area contributed by atoms with Gasteiger partial charge < -0.3 is 30.7 Å². The van der Waals surface area contributed by atoms with E-state index in [2.05, 4.69) is 59.7 Å². The van der Waals surface area contributed by atoms with Gasteiger partial charge in [-0.3, -0.25) is 9.78 Å². The van der Waals surface area contributed by atoms with Crippen molar-refractivity contribution in [1.29, 1.82) is 0 Å². The van der Waals surface area contributed by atoms with E-state index in [1.54, 1.807) is 6.20 Å². The molecule has 0 unspecified atom stereocenters. The molecule has 3 rings (SSSR count). The third-order valence-electron chi connectivity index (χ3n) is 5.91. The third-order valence-corrected chi connectivity index (χ3v) is 5.91. The van der Waals surface area contributed by atoms with E-state index in [1.165, 1.54) is 11.1 Å². The number of nitrogens with one attached hydrogen (secondary N) is 2.